The first-order chi connectivity index (χ1) is 19.5. The number of rotatable bonds is 17. The molecule has 0 unspecified atom stereocenters. The molecule has 2 aromatic carbocycles. The third-order valence-corrected chi connectivity index (χ3v) is 6.26. The highest BCUT2D eigenvalue weighted by Gasteiger charge is 2.22. The van der Waals surface area contributed by atoms with Crippen LogP contribution in [-0.4, -0.2) is 50.7 Å². The first-order valence-electron chi connectivity index (χ1n) is 13.2. The van der Waals surface area contributed by atoms with E-state index in [-0.39, 0.29) is 31.5 Å². The van der Waals surface area contributed by atoms with Gasteiger partial charge < -0.3 is 24.5 Å². The SMILES string of the molecule is CCCCC[C@H](CN(C=O)OCc1ccccc1)C(=O)NCNC(=O)c1ccc(-c2cc(OC)cc(OC)c2)o1. The Labute approximate surface area is 234 Å². The van der Waals surface area contributed by atoms with Crippen LogP contribution >= 0.6 is 0 Å². The fourth-order valence-electron chi connectivity index (χ4n) is 4.03. The van der Waals surface area contributed by atoms with Crippen molar-refractivity contribution in [2.24, 2.45) is 5.92 Å². The lowest BCUT2D eigenvalue weighted by molar-refractivity contribution is -0.182. The number of methoxy groups -OCH3 is 2. The van der Waals surface area contributed by atoms with Gasteiger partial charge in [-0.1, -0.05) is 56.5 Å². The Kier molecular flexibility index (Phi) is 12.1. The Bertz CT molecular complexity index is 1210. The molecular formula is C30H37N3O7. The Hall–Kier alpha value is -4.31. The minimum Gasteiger partial charge on any atom is -0.497 e. The summed E-state index contributed by atoms with van der Waals surface area (Å²) in [5, 5.41) is 6.54. The number of benzene rings is 2. The Balaban J connectivity index is 1.55. The molecule has 0 aliphatic rings. The van der Waals surface area contributed by atoms with E-state index in [1.807, 2.05) is 30.3 Å². The molecule has 2 N–H and O–H groups in total. The monoisotopic (exact) mass is 551 g/mol. The summed E-state index contributed by atoms with van der Waals surface area (Å²) in [6, 6.07) is 18.0. The molecule has 0 saturated heterocycles. The number of carbonyl (C=O) groups is 3. The second kappa shape index (κ2) is 15.9. The molecule has 10 heteroatoms. The van der Waals surface area contributed by atoms with Gasteiger partial charge >= 0.3 is 0 Å². The predicted molar refractivity (Wildman–Crippen MR) is 149 cm³/mol. The number of amides is 3. The van der Waals surface area contributed by atoms with E-state index in [9.17, 15) is 14.4 Å². The molecule has 3 aromatic rings. The van der Waals surface area contributed by atoms with Crippen molar-refractivity contribution in [3.63, 3.8) is 0 Å². The topological polar surface area (TPSA) is 119 Å². The zero-order chi connectivity index (χ0) is 28.7. The predicted octanol–water partition coefficient (Wildman–Crippen LogP) is 4.55. The van der Waals surface area contributed by atoms with Gasteiger partial charge in [-0.3, -0.25) is 19.2 Å². The van der Waals surface area contributed by atoms with Crippen molar-refractivity contribution in [3.8, 4) is 22.8 Å². The summed E-state index contributed by atoms with van der Waals surface area (Å²) in [4.78, 5) is 42.9. The number of nitrogens with zero attached hydrogens (tertiary/aromatic N) is 1. The van der Waals surface area contributed by atoms with E-state index in [0.29, 0.717) is 35.7 Å². The van der Waals surface area contributed by atoms with Crippen molar-refractivity contribution < 1.29 is 33.1 Å². The molecule has 214 valence electrons. The van der Waals surface area contributed by atoms with Gasteiger partial charge in [-0.15, -0.1) is 0 Å². The molecule has 3 amide bonds. The quantitative estimate of drug-likeness (QED) is 0.109. The number of hydroxylamine groups is 2. The molecule has 10 nitrogen and oxygen atoms in total. The van der Waals surface area contributed by atoms with E-state index in [4.69, 9.17) is 18.7 Å². The highest BCUT2D eigenvalue weighted by atomic mass is 16.7. The zero-order valence-corrected chi connectivity index (χ0v) is 23.2. The molecule has 0 bridgehead atoms. The maximum Gasteiger partial charge on any atom is 0.288 e. The van der Waals surface area contributed by atoms with Gasteiger partial charge in [0, 0.05) is 11.6 Å². The summed E-state index contributed by atoms with van der Waals surface area (Å²) in [6.45, 7) is 2.30. The highest BCUT2D eigenvalue weighted by molar-refractivity contribution is 5.92. The molecule has 1 heterocycles. The highest BCUT2D eigenvalue weighted by Crippen LogP contribution is 2.30. The molecule has 0 spiro atoms. The zero-order valence-electron chi connectivity index (χ0n) is 23.2. The van der Waals surface area contributed by atoms with Gasteiger partial charge in [-0.25, -0.2) is 5.06 Å². The van der Waals surface area contributed by atoms with E-state index in [2.05, 4.69) is 17.6 Å². The fraction of sp³-hybridized carbons (Fsp3) is 0.367. The molecule has 0 aliphatic heterocycles. The second-order valence-electron chi connectivity index (χ2n) is 9.15. The van der Waals surface area contributed by atoms with Crippen LogP contribution in [0.4, 0.5) is 0 Å². The van der Waals surface area contributed by atoms with Gasteiger partial charge in [0.05, 0.1) is 33.4 Å². The van der Waals surface area contributed by atoms with Crippen LogP contribution in [0, 0.1) is 5.92 Å². The normalized spacial score (nSPS) is 11.4. The minimum absolute atomic E-state index is 0.0898. The van der Waals surface area contributed by atoms with Crippen LogP contribution in [0.25, 0.3) is 11.3 Å². The van der Waals surface area contributed by atoms with Crippen molar-refractivity contribution in [1.29, 1.82) is 0 Å². The summed E-state index contributed by atoms with van der Waals surface area (Å²) in [5.41, 5.74) is 1.60. The van der Waals surface area contributed by atoms with Gasteiger partial charge in [-0.05, 0) is 36.2 Å². The lowest BCUT2D eigenvalue weighted by Crippen LogP contribution is -2.43. The molecule has 0 fully saturated rings. The van der Waals surface area contributed by atoms with Crippen molar-refractivity contribution in [2.45, 2.75) is 39.2 Å². The Morgan fingerprint density at radius 1 is 0.975 bits per heavy atom. The summed E-state index contributed by atoms with van der Waals surface area (Å²) in [5.74, 6) is 0.472. The van der Waals surface area contributed by atoms with Crippen LogP contribution in [0.5, 0.6) is 11.5 Å². The van der Waals surface area contributed by atoms with Crippen LogP contribution in [-0.2, 0) is 21.0 Å². The standard InChI is InChI=1S/C30H37N3O7/c1-4-5-7-12-23(18-33(21-34)39-19-22-10-8-6-9-11-22)29(35)31-20-32-30(36)28-14-13-27(40-28)24-15-25(37-2)17-26(16-24)38-3/h6,8-11,13-17,21,23H,4-5,7,12,18-20H2,1-3H3,(H,31,35)(H,32,36)/t23-/m1/s1. The Morgan fingerprint density at radius 2 is 1.70 bits per heavy atom. The molecule has 0 radical (unpaired) electrons. The number of carbonyl (C=O) groups excluding carboxylic acids is 3. The average Bonchev–Trinajstić information content (AvgIpc) is 3.49. The largest absolute Gasteiger partial charge is 0.497 e. The first-order valence-corrected chi connectivity index (χ1v) is 13.2. The number of unbranched alkanes of at least 4 members (excludes halogenated alkanes) is 2. The van der Waals surface area contributed by atoms with E-state index >= 15 is 0 Å². The van der Waals surface area contributed by atoms with Crippen molar-refractivity contribution >= 4 is 18.2 Å². The van der Waals surface area contributed by atoms with E-state index in [1.165, 1.54) is 0 Å². The van der Waals surface area contributed by atoms with E-state index < -0.39 is 11.8 Å². The van der Waals surface area contributed by atoms with Crippen molar-refractivity contribution in [3.05, 3.63) is 72.0 Å². The van der Waals surface area contributed by atoms with Gasteiger partial charge in [0.1, 0.15) is 23.9 Å². The molecular weight excluding hydrogens is 514 g/mol. The smallest absolute Gasteiger partial charge is 0.288 e. The van der Waals surface area contributed by atoms with Gasteiger partial charge in [0.2, 0.25) is 12.3 Å². The number of hydrogen-bond acceptors (Lipinski definition) is 7. The third-order valence-electron chi connectivity index (χ3n) is 6.26. The molecule has 0 aliphatic carbocycles. The Morgan fingerprint density at radius 3 is 2.35 bits per heavy atom. The van der Waals surface area contributed by atoms with Crippen LogP contribution < -0.4 is 20.1 Å². The fourth-order valence-corrected chi connectivity index (χ4v) is 4.03. The second-order valence-corrected chi connectivity index (χ2v) is 9.15. The minimum atomic E-state index is -0.498. The summed E-state index contributed by atoms with van der Waals surface area (Å²) < 4.78 is 16.3. The summed E-state index contributed by atoms with van der Waals surface area (Å²) in [6.07, 6.45) is 3.96. The van der Waals surface area contributed by atoms with Gasteiger partial charge in [0.15, 0.2) is 5.76 Å². The maximum absolute atomic E-state index is 13.0. The molecule has 1 atom stereocenters. The lowest BCUT2D eigenvalue weighted by atomic mass is 10.0. The van der Waals surface area contributed by atoms with E-state index in [0.717, 1.165) is 29.9 Å². The van der Waals surface area contributed by atoms with Gasteiger partial charge in [-0.2, -0.15) is 0 Å². The summed E-state index contributed by atoms with van der Waals surface area (Å²) >= 11 is 0. The number of ether oxygens (including phenoxy) is 2. The van der Waals surface area contributed by atoms with Gasteiger partial charge in [0.25, 0.3) is 5.91 Å². The number of nitrogens with one attached hydrogen (secondary N) is 2. The van der Waals surface area contributed by atoms with E-state index in [1.54, 1.807) is 44.6 Å². The van der Waals surface area contributed by atoms with Crippen molar-refractivity contribution in [2.75, 3.05) is 27.4 Å². The average molecular weight is 552 g/mol. The van der Waals surface area contributed by atoms with Crippen molar-refractivity contribution in [1.82, 2.24) is 15.7 Å². The summed E-state index contributed by atoms with van der Waals surface area (Å²) in [7, 11) is 3.10. The molecule has 1 aromatic heterocycles. The van der Waals surface area contributed by atoms with Crippen LogP contribution in [0.3, 0.4) is 0 Å². The maximum atomic E-state index is 13.0. The first kappa shape index (κ1) is 30.2. The van der Waals surface area contributed by atoms with Crippen LogP contribution in [0.15, 0.2) is 65.1 Å². The molecule has 40 heavy (non-hydrogen) atoms. The number of hydrogen-bond donors (Lipinski definition) is 2. The molecule has 3 rings (SSSR count). The lowest BCUT2D eigenvalue weighted by Gasteiger charge is -2.23. The number of furan rings is 1. The molecule has 0 saturated carbocycles. The van der Waals surface area contributed by atoms with Crippen LogP contribution in [0.1, 0.15) is 48.7 Å². The van der Waals surface area contributed by atoms with Crippen LogP contribution in [0.2, 0.25) is 0 Å². The third kappa shape index (κ3) is 9.16.